The molecule has 1 amide bonds. The second-order valence-electron chi connectivity index (χ2n) is 6.54. The Kier molecular flexibility index (Phi) is 6.93. The molecule has 160 valence electrons. The summed E-state index contributed by atoms with van der Waals surface area (Å²) in [5.41, 5.74) is 0.810. The Morgan fingerprint density at radius 3 is 2.29 bits per heavy atom. The maximum atomic E-state index is 13.2. The second kappa shape index (κ2) is 9.45. The van der Waals surface area contributed by atoms with Crippen molar-refractivity contribution in [1.29, 1.82) is 0 Å². The molecule has 0 aliphatic heterocycles. The van der Waals surface area contributed by atoms with Crippen molar-refractivity contribution in [2.75, 3.05) is 16.8 Å². The first kappa shape index (κ1) is 22.7. The van der Waals surface area contributed by atoms with E-state index in [0.717, 1.165) is 12.1 Å². The predicted octanol–water partition coefficient (Wildman–Crippen LogP) is 7.59. The van der Waals surface area contributed by atoms with E-state index in [4.69, 9.17) is 23.2 Å². The SMILES string of the molecule is C=CCN(c1ccc(NC(=O)c2ccccc2Cl)cc1)c1cc(C(F)(F)F)ccc1Cl. The molecule has 0 radical (unpaired) electrons. The van der Waals surface area contributed by atoms with E-state index in [-0.39, 0.29) is 23.2 Å². The van der Waals surface area contributed by atoms with E-state index >= 15 is 0 Å². The molecule has 1 N–H and O–H groups in total. The molecule has 3 nitrogen and oxygen atoms in total. The van der Waals surface area contributed by atoms with Gasteiger partial charge < -0.3 is 10.2 Å². The minimum atomic E-state index is -4.49. The third-order valence-corrected chi connectivity index (χ3v) is 5.08. The Hall–Kier alpha value is -2.96. The maximum Gasteiger partial charge on any atom is 0.416 e. The standard InChI is InChI=1S/C23H17Cl2F3N2O/c1-2-13-30(21-14-15(23(26,27)28)7-12-20(21)25)17-10-8-16(9-11-17)29-22(31)18-5-3-4-6-19(18)24/h2-12,14H,1,13H2,(H,29,31). The van der Waals surface area contributed by atoms with Gasteiger partial charge in [-0.15, -0.1) is 6.58 Å². The first-order valence-electron chi connectivity index (χ1n) is 9.12. The highest BCUT2D eigenvalue weighted by molar-refractivity contribution is 6.34. The van der Waals surface area contributed by atoms with Crippen molar-refractivity contribution < 1.29 is 18.0 Å². The number of amides is 1. The van der Waals surface area contributed by atoms with Crippen molar-refractivity contribution in [2.45, 2.75) is 6.18 Å². The Bertz CT molecular complexity index is 1100. The molecule has 0 aliphatic rings. The first-order valence-corrected chi connectivity index (χ1v) is 9.87. The number of alkyl halides is 3. The molecule has 0 heterocycles. The van der Waals surface area contributed by atoms with Crippen LogP contribution in [0.15, 0.2) is 79.4 Å². The topological polar surface area (TPSA) is 32.3 Å². The Balaban J connectivity index is 1.88. The van der Waals surface area contributed by atoms with E-state index in [9.17, 15) is 18.0 Å². The third kappa shape index (κ3) is 5.40. The van der Waals surface area contributed by atoms with Crippen molar-refractivity contribution in [3.63, 3.8) is 0 Å². The molecule has 0 atom stereocenters. The lowest BCUT2D eigenvalue weighted by Crippen LogP contribution is -2.18. The number of carbonyl (C=O) groups is 1. The fraction of sp³-hybridized carbons (Fsp3) is 0.0870. The van der Waals surface area contributed by atoms with Crippen molar-refractivity contribution in [2.24, 2.45) is 0 Å². The molecule has 3 rings (SSSR count). The number of hydrogen-bond donors (Lipinski definition) is 1. The van der Waals surface area contributed by atoms with Crippen LogP contribution in [0.1, 0.15) is 15.9 Å². The van der Waals surface area contributed by atoms with E-state index < -0.39 is 11.7 Å². The fourth-order valence-electron chi connectivity index (χ4n) is 2.94. The molecule has 0 saturated carbocycles. The summed E-state index contributed by atoms with van der Waals surface area (Å²) >= 11 is 12.2. The van der Waals surface area contributed by atoms with Gasteiger partial charge >= 0.3 is 6.18 Å². The highest BCUT2D eigenvalue weighted by atomic mass is 35.5. The maximum absolute atomic E-state index is 13.2. The highest BCUT2D eigenvalue weighted by Crippen LogP contribution is 2.38. The van der Waals surface area contributed by atoms with E-state index in [1.54, 1.807) is 59.5 Å². The van der Waals surface area contributed by atoms with Crippen molar-refractivity contribution in [1.82, 2.24) is 0 Å². The largest absolute Gasteiger partial charge is 0.416 e. The molecule has 31 heavy (non-hydrogen) atoms. The van der Waals surface area contributed by atoms with Gasteiger partial charge in [0.25, 0.3) is 5.91 Å². The van der Waals surface area contributed by atoms with Gasteiger partial charge in [0.05, 0.1) is 26.9 Å². The van der Waals surface area contributed by atoms with Crippen LogP contribution in [0.25, 0.3) is 0 Å². The van der Waals surface area contributed by atoms with Gasteiger partial charge in [0.15, 0.2) is 0 Å². The summed E-state index contributed by atoms with van der Waals surface area (Å²) in [6.07, 6.45) is -2.93. The summed E-state index contributed by atoms with van der Waals surface area (Å²) in [5, 5.41) is 3.24. The zero-order chi connectivity index (χ0) is 22.6. The van der Waals surface area contributed by atoms with Crippen molar-refractivity contribution in [3.8, 4) is 0 Å². The highest BCUT2D eigenvalue weighted by Gasteiger charge is 2.31. The zero-order valence-electron chi connectivity index (χ0n) is 16.1. The molecule has 3 aromatic carbocycles. The molecular formula is C23H17Cl2F3N2O. The molecular weight excluding hydrogens is 448 g/mol. The molecule has 0 spiro atoms. The summed E-state index contributed by atoms with van der Waals surface area (Å²) in [6.45, 7) is 3.90. The van der Waals surface area contributed by atoms with Gasteiger partial charge in [0.1, 0.15) is 0 Å². The smallest absolute Gasteiger partial charge is 0.336 e. The van der Waals surface area contributed by atoms with Gasteiger partial charge in [-0.25, -0.2) is 0 Å². The minimum Gasteiger partial charge on any atom is -0.336 e. The lowest BCUT2D eigenvalue weighted by Gasteiger charge is -2.26. The van der Waals surface area contributed by atoms with Crippen LogP contribution in [0.2, 0.25) is 10.0 Å². The molecule has 0 saturated heterocycles. The summed E-state index contributed by atoms with van der Waals surface area (Å²) in [4.78, 5) is 14.0. The van der Waals surface area contributed by atoms with Crippen LogP contribution in [0.5, 0.6) is 0 Å². The van der Waals surface area contributed by atoms with Gasteiger partial charge in [-0.2, -0.15) is 13.2 Å². The average Bonchev–Trinajstić information content (AvgIpc) is 2.73. The van der Waals surface area contributed by atoms with Gasteiger partial charge in [0.2, 0.25) is 0 Å². The third-order valence-electron chi connectivity index (χ3n) is 4.43. The van der Waals surface area contributed by atoms with Crippen molar-refractivity contribution in [3.05, 3.63) is 101 Å². The Labute approximate surface area is 187 Å². The number of hydrogen-bond acceptors (Lipinski definition) is 2. The Morgan fingerprint density at radius 2 is 1.68 bits per heavy atom. The van der Waals surface area contributed by atoms with Gasteiger partial charge in [0, 0.05) is 17.9 Å². The molecule has 3 aromatic rings. The van der Waals surface area contributed by atoms with E-state index in [1.165, 1.54) is 6.07 Å². The molecule has 0 aliphatic carbocycles. The molecule has 8 heteroatoms. The number of anilines is 3. The molecule has 0 fully saturated rings. The number of carbonyl (C=O) groups excluding carboxylic acids is 1. The van der Waals surface area contributed by atoms with E-state index in [0.29, 0.717) is 22.0 Å². The van der Waals surface area contributed by atoms with Gasteiger partial charge in [-0.05, 0) is 54.6 Å². The van der Waals surface area contributed by atoms with Gasteiger partial charge in [-0.1, -0.05) is 41.4 Å². The fourth-order valence-corrected chi connectivity index (χ4v) is 3.38. The average molecular weight is 465 g/mol. The lowest BCUT2D eigenvalue weighted by atomic mass is 10.1. The summed E-state index contributed by atoms with van der Waals surface area (Å²) < 4.78 is 39.5. The van der Waals surface area contributed by atoms with Crippen LogP contribution in [0.3, 0.4) is 0 Å². The summed E-state index contributed by atoms with van der Waals surface area (Å²) in [6, 6.07) is 16.4. The van der Waals surface area contributed by atoms with Crippen LogP contribution >= 0.6 is 23.2 Å². The summed E-state index contributed by atoms with van der Waals surface area (Å²) in [7, 11) is 0. The van der Waals surface area contributed by atoms with E-state index in [1.807, 2.05) is 0 Å². The second-order valence-corrected chi connectivity index (χ2v) is 7.36. The van der Waals surface area contributed by atoms with Crippen LogP contribution in [0.4, 0.5) is 30.2 Å². The first-order chi connectivity index (χ1) is 14.7. The zero-order valence-corrected chi connectivity index (χ0v) is 17.6. The number of rotatable bonds is 6. The number of nitrogens with one attached hydrogen (secondary N) is 1. The Morgan fingerprint density at radius 1 is 1.00 bits per heavy atom. The predicted molar refractivity (Wildman–Crippen MR) is 120 cm³/mol. The van der Waals surface area contributed by atoms with Crippen LogP contribution in [-0.2, 0) is 6.18 Å². The lowest BCUT2D eigenvalue weighted by molar-refractivity contribution is -0.137. The van der Waals surface area contributed by atoms with E-state index in [2.05, 4.69) is 11.9 Å². The number of halogens is 5. The molecule has 0 unspecified atom stereocenters. The summed E-state index contributed by atoms with van der Waals surface area (Å²) in [5.74, 6) is -0.373. The number of benzene rings is 3. The van der Waals surface area contributed by atoms with Crippen molar-refractivity contribution >= 4 is 46.2 Å². The molecule has 0 bridgehead atoms. The quantitative estimate of drug-likeness (QED) is 0.381. The number of nitrogens with zero attached hydrogens (tertiary/aromatic N) is 1. The monoisotopic (exact) mass is 464 g/mol. The van der Waals surface area contributed by atoms with Gasteiger partial charge in [-0.3, -0.25) is 4.79 Å². The van der Waals surface area contributed by atoms with Crippen LogP contribution in [-0.4, -0.2) is 12.5 Å². The normalized spacial score (nSPS) is 11.1. The van der Waals surface area contributed by atoms with Crippen LogP contribution in [0, 0.1) is 0 Å². The van der Waals surface area contributed by atoms with Crippen LogP contribution < -0.4 is 10.2 Å². The minimum absolute atomic E-state index is 0.172. The molecule has 0 aromatic heterocycles.